The number of nitrogens with zero attached hydrogens (tertiary/aromatic N) is 1. The van der Waals surface area contributed by atoms with Crippen molar-refractivity contribution in [3.63, 3.8) is 0 Å². The summed E-state index contributed by atoms with van der Waals surface area (Å²) in [5.41, 5.74) is 0.570. The molecule has 104 valence electrons. The number of carbonyl (C=O) groups excluding carboxylic acids is 1. The summed E-state index contributed by atoms with van der Waals surface area (Å²) in [4.78, 5) is 22.0. The maximum atomic E-state index is 11.3. The largest absolute Gasteiger partial charge is 0.440 e. The summed E-state index contributed by atoms with van der Waals surface area (Å²) in [6, 6.07) is 6.26. The van der Waals surface area contributed by atoms with Crippen LogP contribution >= 0.6 is 22.9 Å². The molecule has 7 heteroatoms. The van der Waals surface area contributed by atoms with E-state index < -0.39 is 4.92 Å². The second-order valence-electron chi connectivity index (χ2n) is 4.11. The van der Waals surface area contributed by atoms with E-state index >= 15 is 0 Å². The Labute approximate surface area is 123 Å². The highest BCUT2D eigenvalue weighted by Gasteiger charge is 2.23. The fraction of sp³-hybridized carbons (Fsp3) is 0.154. The lowest BCUT2D eigenvalue weighted by Gasteiger charge is -2.06. The van der Waals surface area contributed by atoms with Crippen LogP contribution in [-0.4, -0.2) is 10.7 Å². The average molecular weight is 312 g/mol. The first-order chi connectivity index (χ1) is 9.38. The van der Waals surface area contributed by atoms with Gasteiger partial charge < -0.3 is 4.74 Å². The molecule has 20 heavy (non-hydrogen) atoms. The van der Waals surface area contributed by atoms with Gasteiger partial charge in [0.1, 0.15) is 5.75 Å². The highest BCUT2D eigenvalue weighted by atomic mass is 35.5. The van der Waals surface area contributed by atoms with Crippen molar-refractivity contribution in [2.75, 3.05) is 0 Å². The standard InChI is InChI=1S/C13H10ClNO4S/c1-7-3-4-9(14)5-11(7)19-13-10(15(17)18)6-12(20-13)8(2)16/h3-6H,1-2H3. The molecule has 0 aliphatic rings. The number of Topliss-reactive ketones (excluding diaryl/α,β-unsaturated/α-hetero) is 1. The lowest BCUT2D eigenvalue weighted by Crippen LogP contribution is -1.91. The zero-order valence-electron chi connectivity index (χ0n) is 10.7. The molecule has 0 saturated carbocycles. The van der Waals surface area contributed by atoms with E-state index in [0.717, 1.165) is 16.9 Å². The Morgan fingerprint density at radius 1 is 1.40 bits per heavy atom. The Kier molecular flexibility index (Phi) is 4.06. The molecule has 5 nitrogen and oxygen atoms in total. The van der Waals surface area contributed by atoms with Crippen LogP contribution in [0.25, 0.3) is 0 Å². The predicted octanol–water partition coefficient (Wildman–Crippen LogP) is 4.61. The maximum absolute atomic E-state index is 11.3. The van der Waals surface area contributed by atoms with Crippen LogP contribution in [-0.2, 0) is 0 Å². The van der Waals surface area contributed by atoms with Crippen molar-refractivity contribution >= 4 is 34.4 Å². The number of ketones is 1. The van der Waals surface area contributed by atoms with E-state index in [0.29, 0.717) is 10.8 Å². The molecule has 0 fully saturated rings. The van der Waals surface area contributed by atoms with Gasteiger partial charge in [0.2, 0.25) is 0 Å². The van der Waals surface area contributed by atoms with Crippen LogP contribution in [0.2, 0.25) is 5.02 Å². The van der Waals surface area contributed by atoms with Gasteiger partial charge in [0.25, 0.3) is 5.06 Å². The van der Waals surface area contributed by atoms with Crippen LogP contribution in [0, 0.1) is 17.0 Å². The number of rotatable bonds is 4. The van der Waals surface area contributed by atoms with Gasteiger partial charge in [0.05, 0.1) is 9.80 Å². The minimum atomic E-state index is -0.571. The number of carbonyl (C=O) groups is 1. The topological polar surface area (TPSA) is 69.4 Å². The zero-order chi connectivity index (χ0) is 14.9. The number of ether oxygens (including phenoxy) is 1. The van der Waals surface area contributed by atoms with E-state index in [9.17, 15) is 14.9 Å². The SMILES string of the molecule is CC(=O)c1cc([N+](=O)[O-])c(Oc2cc(Cl)ccc2C)s1. The van der Waals surface area contributed by atoms with Crippen LogP contribution < -0.4 is 4.74 Å². The molecule has 1 aromatic carbocycles. The molecule has 2 rings (SSSR count). The van der Waals surface area contributed by atoms with E-state index in [2.05, 4.69) is 0 Å². The number of thiophene rings is 1. The Morgan fingerprint density at radius 2 is 2.10 bits per heavy atom. The summed E-state index contributed by atoms with van der Waals surface area (Å²) < 4.78 is 5.55. The molecule has 0 atom stereocenters. The summed E-state index contributed by atoms with van der Waals surface area (Å²) in [5.74, 6) is 0.188. The van der Waals surface area contributed by atoms with Gasteiger partial charge in [-0.25, -0.2) is 0 Å². The highest BCUT2D eigenvalue weighted by Crippen LogP contribution is 2.41. The minimum absolute atomic E-state index is 0.0746. The van der Waals surface area contributed by atoms with Gasteiger partial charge in [-0.2, -0.15) is 0 Å². The van der Waals surface area contributed by atoms with Gasteiger partial charge >= 0.3 is 5.69 Å². The van der Waals surface area contributed by atoms with E-state index in [1.165, 1.54) is 13.0 Å². The van der Waals surface area contributed by atoms with E-state index in [-0.39, 0.29) is 21.4 Å². The van der Waals surface area contributed by atoms with Crippen molar-refractivity contribution in [2.45, 2.75) is 13.8 Å². The number of halogens is 1. The molecule has 0 radical (unpaired) electrons. The fourth-order valence-electron chi connectivity index (χ4n) is 1.52. The number of aryl methyl sites for hydroxylation is 1. The van der Waals surface area contributed by atoms with Gasteiger partial charge in [-0.15, -0.1) is 0 Å². The van der Waals surface area contributed by atoms with Gasteiger partial charge in [-0.1, -0.05) is 29.0 Å². The molecule has 0 aliphatic heterocycles. The van der Waals surface area contributed by atoms with Crippen molar-refractivity contribution in [2.24, 2.45) is 0 Å². The van der Waals surface area contributed by atoms with Gasteiger partial charge in [0, 0.05) is 11.1 Å². The van der Waals surface area contributed by atoms with Crippen molar-refractivity contribution in [3.05, 3.63) is 49.8 Å². The van der Waals surface area contributed by atoms with Gasteiger partial charge in [0.15, 0.2) is 5.78 Å². The third-order valence-corrected chi connectivity index (χ3v) is 3.91. The first-order valence-electron chi connectivity index (χ1n) is 5.61. The lowest BCUT2D eigenvalue weighted by molar-refractivity contribution is -0.385. The quantitative estimate of drug-likeness (QED) is 0.469. The van der Waals surface area contributed by atoms with Crippen LogP contribution in [0.5, 0.6) is 10.8 Å². The van der Waals surface area contributed by atoms with E-state index in [1.807, 2.05) is 0 Å². The van der Waals surface area contributed by atoms with E-state index in [1.54, 1.807) is 25.1 Å². The van der Waals surface area contributed by atoms with E-state index in [4.69, 9.17) is 16.3 Å². The van der Waals surface area contributed by atoms with Gasteiger partial charge in [-0.3, -0.25) is 14.9 Å². The Hall–Kier alpha value is -1.92. The summed E-state index contributed by atoms with van der Waals surface area (Å²) >= 11 is 6.83. The molecule has 1 heterocycles. The highest BCUT2D eigenvalue weighted by molar-refractivity contribution is 7.16. The molecule has 0 saturated heterocycles. The Bertz CT molecular complexity index is 696. The number of hydrogen-bond donors (Lipinski definition) is 0. The lowest BCUT2D eigenvalue weighted by atomic mass is 10.2. The molecular weight excluding hydrogens is 302 g/mol. The summed E-state index contributed by atoms with van der Waals surface area (Å²) in [6.45, 7) is 3.15. The fourth-order valence-corrected chi connectivity index (χ4v) is 2.57. The number of nitro groups is 1. The molecule has 0 N–H and O–H groups in total. The van der Waals surface area contributed by atoms with Crippen LogP contribution in [0.1, 0.15) is 22.2 Å². The monoisotopic (exact) mass is 311 g/mol. The molecule has 0 bridgehead atoms. The second kappa shape index (κ2) is 5.60. The first-order valence-corrected chi connectivity index (χ1v) is 6.81. The molecule has 0 unspecified atom stereocenters. The third kappa shape index (κ3) is 2.97. The average Bonchev–Trinajstić information content (AvgIpc) is 2.78. The zero-order valence-corrected chi connectivity index (χ0v) is 12.2. The summed E-state index contributed by atoms with van der Waals surface area (Å²) in [7, 11) is 0. The van der Waals surface area contributed by atoms with Crippen LogP contribution in [0.15, 0.2) is 24.3 Å². The maximum Gasteiger partial charge on any atom is 0.323 e. The van der Waals surface area contributed by atoms with Crippen LogP contribution in [0.3, 0.4) is 0 Å². The number of hydrogen-bond acceptors (Lipinski definition) is 5. The first kappa shape index (κ1) is 14.5. The predicted molar refractivity (Wildman–Crippen MR) is 77.2 cm³/mol. The normalized spacial score (nSPS) is 10.3. The van der Waals surface area contributed by atoms with Crippen molar-refractivity contribution in [3.8, 4) is 10.8 Å². The molecular formula is C13H10ClNO4S. The van der Waals surface area contributed by atoms with Gasteiger partial charge in [-0.05, 0) is 31.5 Å². The number of benzene rings is 1. The summed E-state index contributed by atoms with van der Waals surface area (Å²) in [6.07, 6.45) is 0. The molecule has 0 amide bonds. The van der Waals surface area contributed by atoms with Crippen LogP contribution in [0.4, 0.5) is 5.69 Å². The Morgan fingerprint density at radius 3 is 2.70 bits per heavy atom. The van der Waals surface area contributed by atoms with Crippen molar-refractivity contribution in [1.82, 2.24) is 0 Å². The molecule has 0 spiro atoms. The molecule has 1 aromatic heterocycles. The molecule has 2 aromatic rings. The third-order valence-electron chi connectivity index (χ3n) is 2.58. The van der Waals surface area contributed by atoms with Crippen molar-refractivity contribution < 1.29 is 14.5 Å². The minimum Gasteiger partial charge on any atom is -0.440 e. The van der Waals surface area contributed by atoms with Crippen molar-refractivity contribution in [1.29, 1.82) is 0 Å². The second-order valence-corrected chi connectivity index (χ2v) is 5.56. The Balaban J connectivity index is 2.44. The summed E-state index contributed by atoms with van der Waals surface area (Å²) in [5, 5.41) is 11.5. The smallest absolute Gasteiger partial charge is 0.323 e. The molecule has 0 aliphatic carbocycles.